The Labute approximate surface area is 240 Å². The van der Waals surface area contributed by atoms with Crippen LogP contribution in [0.25, 0.3) is 0 Å². The highest BCUT2D eigenvalue weighted by atomic mass is 16.5. The number of amides is 3. The van der Waals surface area contributed by atoms with Crippen LogP contribution in [-0.2, 0) is 24.2 Å². The molecule has 0 N–H and O–H groups in total. The molecule has 6 rings (SSSR count). The Hall–Kier alpha value is -4.71. The summed E-state index contributed by atoms with van der Waals surface area (Å²) in [6.45, 7) is 0.0696. The van der Waals surface area contributed by atoms with E-state index in [2.05, 4.69) is 24.3 Å². The third-order valence-electron chi connectivity index (χ3n) is 8.26. The summed E-state index contributed by atoms with van der Waals surface area (Å²) in [5.74, 6) is -0.156. The van der Waals surface area contributed by atoms with E-state index in [1.165, 1.54) is 5.56 Å². The number of hydrogen-bond acceptors (Lipinski definition) is 4. The summed E-state index contributed by atoms with van der Waals surface area (Å²) in [7, 11) is 1.66. The molecule has 3 amide bonds. The number of aryl methyl sites for hydroxylation is 1. The second kappa shape index (κ2) is 11.4. The molecule has 6 nitrogen and oxygen atoms in total. The number of imide groups is 1. The van der Waals surface area contributed by atoms with E-state index in [9.17, 15) is 14.4 Å². The molecule has 1 aliphatic carbocycles. The third kappa shape index (κ3) is 5.25. The SMILES string of the molecule is COc1cccc(CC2CCc3ccccc3C2N(Cc2ccccc2)C(=O)CN2C(=O)c3ccccc3C2=O)c1. The Bertz CT molecular complexity index is 1560. The molecule has 0 saturated heterocycles. The van der Waals surface area contributed by atoms with Gasteiger partial charge in [-0.3, -0.25) is 19.3 Å². The van der Waals surface area contributed by atoms with Crippen molar-refractivity contribution in [1.82, 2.24) is 9.80 Å². The molecular formula is C35H32N2O4. The molecule has 6 heteroatoms. The lowest BCUT2D eigenvalue weighted by molar-refractivity contribution is -0.136. The Morgan fingerprint density at radius 1 is 0.829 bits per heavy atom. The number of hydrogen-bond donors (Lipinski definition) is 0. The number of carbonyl (C=O) groups excluding carboxylic acids is 3. The summed E-state index contributed by atoms with van der Waals surface area (Å²) in [6.07, 6.45) is 2.60. The van der Waals surface area contributed by atoms with Crippen LogP contribution in [0.1, 0.15) is 55.4 Å². The highest BCUT2D eigenvalue weighted by Gasteiger charge is 2.40. The lowest BCUT2D eigenvalue weighted by Gasteiger charge is -2.42. The van der Waals surface area contributed by atoms with Crippen LogP contribution in [0.4, 0.5) is 0 Å². The van der Waals surface area contributed by atoms with Gasteiger partial charge in [0, 0.05) is 6.54 Å². The maximum atomic E-state index is 14.3. The van der Waals surface area contributed by atoms with Crippen molar-refractivity contribution in [2.24, 2.45) is 5.92 Å². The van der Waals surface area contributed by atoms with Crippen LogP contribution < -0.4 is 4.74 Å². The topological polar surface area (TPSA) is 66.9 Å². The van der Waals surface area contributed by atoms with Crippen LogP contribution in [0.3, 0.4) is 0 Å². The first-order valence-electron chi connectivity index (χ1n) is 14.0. The minimum atomic E-state index is -0.421. The minimum absolute atomic E-state index is 0.131. The maximum absolute atomic E-state index is 14.3. The zero-order valence-corrected chi connectivity index (χ0v) is 23.0. The average Bonchev–Trinajstić information content (AvgIpc) is 3.25. The first-order valence-corrected chi connectivity index (χ1v) is 14.0. The van der Waals surface area contributed by atoms with Crippen molar-refractivity contribution in [3.63, 3.8) is 0 Å². The molecule has 206 valence electrons. The second-order valence-corrected chi connectivity index (χ2v) is 10.7. The standard InChI is InChI=1S/C35H32N2O4/c1-41-28-14-9-12-25(21-28)20-27-19-18-26-13-5-6-15-29(26)33(27)36(22-24-10-3-2-4-11-24)32(38)23-37-34(39)30-16-7-8-17-31(30)35(37)40/h2-17,21,27,33H,18-20,22-23H2,1H3. The van der Waals surface area contributed by atoms with Gasteiger partial charge in [-0.25, -0.2) is 0 Å². The fourth-order valence-electron chi connectivity index (χ4n) is 6.27. The molecule has 1 aliphatic heterocycles. The van der Waals surface area contributed by atoms with Gasteiger partial charge in [-0.1, -0.05) is 78.9 Å². The molecule has 0 radical (unpaired) electrons. The van der Waals surface area contributed by atoms with Gasteiger partial charge < -0.3 is 9.64 Å². The van der Waals surface area contributed by atoms with Crippen molar-refractivity contribution in [3.05, 3.63) is 137 Å². The number of carbonyl (C=O) groups is 3. The van der Waals surface area contributed by atoms with Crippen molar-refractivity contribution in [2.75, 3.05) is 13.7 Å². The predicted octanol–water partition coefficient (Wildman–Crippen LogP) is 5.87. The van der Waals surface area contributed by atoms with E-state index in [-0.39, 0.29) is 24.4 Å². The molecule has 4 aromatic rings. The highest BCUT2D eigenvalue weighted by Crippen LogP contribution is 2.41. The van der Waals surface area contributed by atoms with Gasteiger partial charge in [0.2, 0.25) is 5.91 Å². The largest absolute Gasteiger partial charge is 0.497 e. The van der Waals surface area contributed by atoms with Crippen LogP contribution in [-0.4, -0.2) is 41.2 Å². The van der Waals surface area contributed by atoms with Gasteiger partial charge in [-0.05, 0) is 71.7 Å². The van der Waals surface area contributed by atoms with E-state index in [1.807, 2.05) is 59.5 Å². The van der Waals surface area contributed by atoms with Gasteiger partial charge in [-0.15, -0.1) is 0 Å². The second-order valence-electron chi connectivity index (χ2n) is 10.7. The van der Waals surface area contributed by atoms with Crippen LogP contribution in [0, 0.1) is 5.92 Å². The van der Waals surface area contributed by atoms with Gasteiger partial charge >= 0.3 is 0 Å². The normalized spacial score (nSPS) is 17.6. The van der Waals surface area contributed by atoms with E-state index in [4.69, 9.17) is 4.74 Å². The molecule has 1 heterocycles. The van der Waals surface area contributed by atoms with E-state index >= 15 is 0 Å². The number of rotatable bonds is 8. The molecule has 0 saturated carbocycles. The molecule has 41 heavy (non-hydrogen) atoms. The van der Waals surface area contributed by atoms with Crippen LogP contribution >= 0.6 is 0 Å². The van der Waals surface area contributed by atoms with Crippen molar-refractivity contribution >= 4 is 17.7 Å². The van der Waals surface area contributed by atoms with Crippen LogP contribution in [0.2, 0.25) is 0 Å². The lowest BCUT2D eigenvalue weighted by atomic mass is 9.76. The average molecular weight is 545 g/mol. The smallest absolute Gasteiger partial charge is 0.262 e. The Kier molecular flexibility index (Phi) is 7.38. The van der Waals surface area contributed by atoms with Crippen molar-refractivity contribution in [3.8, 4) is 5.75 Å². The van der Waals surface area contributed by atoms with Crippen LogP contribution in [0.5, 0.6) is 5.75 Å². The zero-order valence-electron chi connectivity index (χ0n) is 23.0. The van der Waals surface area contributed by atoms with Gasteiger partial charge in [0.25, 0.3) is 11.8 Å². The summed E-state index contributed by atoms with van der Waals surface area (Å²) in [6, 6.07) is 32.8. The predicted molar refractivity (Wildman–Crippen MR) is 156 cm³/mol. The number of methoxy groups -OCH3 is 1. The van der Waals surface area contributed by atoms with E-state index in [1.54, 1.807) is 31.4 Å². The molecule has 4 aromatic carbocycles. The van der Waals surface area contributed by atoms with E-state index < -0.39 is 11.8 Å². The van der Waals surface area contributed by atoms with Crippen LogP contribution in [0.15, 0.2) is 103 Å². The third-order valence-corrected chi connectivity index (χ3v) is 8.26. The molecule has 2 unspecified atom stereocenters. The summed E-state index contributed by atoms with van der Waals surface area (Å²) in [5.41, 5.74) is 5.18. The Balaban J connectivity index is 1.38. The summed E-state index contributed by atoms with van der Waals surface area (Å²) in [5, 5.41) is 0. The van der Waals surface area contributed by atoms with E-state index in [0.717, 1.165) is 46.6 Å². The summed E-state index contributed by atoms with van der Waals surface area (Å²) < 4.78 is 5.48. The number of nitrogens with zero attached hydrogens (tertiary/aromatic N) is 2. The minimum Gasteiger partial charge on any atom is -0.497 e. The highest BCUT2D eigenvalue weighted by molar-refractivity contribution is 6.22. The molecule has 0 fully saturated rings. The van der Waals surface area contributed by atoms with E-state index in [0.29, 0.717) is 17.7 Å². The summed E-state index contributed by atoms with van der Waals surface area (Å²) >= 11 is 0. The number of benzene rings is 4. The van der Waals surface area contributed by atoms with Gasteiger partial charge in [-0.2, -0.15) is 0 Å². The first-order chi connectivity index (χ1) is 20.0. The van der Waals surface area contributed by atoms with Crippen molar-refractivity contribution in [1.29, 1.82) is 0 Å². The first kappa shape index (κ1) is 26.5. The number of fused-ring (bicyclic) bond motifs is 2. The van der Waals surface area contributed by atoms with Gasteiger partial charge in [0.05, 0.1) is 24.3 Å². The van der Waals surface area contributed by atoms with Gasteiger partial charge in [0.1, 0.15) is 12.3 Å². The fraction of sp³-hybridized carbons (Fsp3) is 0.229. The maximum Gasteiger partial charge on any atom is 0.262 e. The lowest BCUT2D eigenvalue weighted by Crippen LogP contribution is -2.46. The van der Waals surface area contributed by atoms with Crippen molar-refractivity contribution in [2.45, 2.75) is 31.8 Å². The van der Waals surface area contributed by atoms with Gasteiger partial charge in [0.15, 0.2) is 0 Å². The van der Waals surface area contributed by atoms with Crippen molar-refractivity contribution < 1.29 is 19.1 Å². The molecule has 2 aliphatic rings. The molecule has 0 bridgehead atoms. The molecule has 2 atom stereocenters. The molecule has 0 aromatic heterocycles. The fourth-order valence-corrected chi connectivity index (χ4v) is 6.27. The quantitative estimate of drug-likeness (QED) is 0.261. The summed E-state index contributed by atoms with van der Waals surface area (Å²) in [4.78, 5) is 43.7. The molecular weight excluding hydrogens is 512 g/mol. The number of ether oxygens (including phenoxy) is 1. The Morgan fingerprint density at radius 3 is 2.22 bits per heavy atom. The molecule has 0 spiro atoms. The zero-order chi connectivity index (χ0) is 28.3. The monoisotopic (exact) mass is 544 g/mol. The Morgan fingerprint density at radius 2 is 1.49 bits per heavy atom.